The highest BCUT2D eigenvalue weighted by molar-refractivity contribution is 5.88. The van der Waals surface area contributed by atoms with Crippen molar-refractivity contribution < 1.29 is 34.8 Å². The Kier molecular flexibility index (Phi) is 6.76. The molecule has 0 atom stereocenters. The number of aromatic nitrogens is 1. The van der Waals surface area contributed by atoms with E-state index >= 15 is 0 Å². The molecular formula is C11H13NO7. The number of hydrogen-bond acceptors (Lipinski definition) is 5. The summed E-state index contributed by atoms with van der Waals surface area (Å²) in [7, 11) is 0. The van der Waals surface area contributed by atoms with E-state index in [1.54, 1.807) is 12.4 Å². The molecule has 0 aliphatic heterocycles. The molecule has 4 N–H and O–H groups in total. The van der Waals surface area contributed by atoms with E-state index in [0.717, 1.165) is 0 Å². The second-order valence-electron chi connectivity index (χ2n) is 3.50. The van der Waals surface area contributed by atoms with Gasteiger partial charge in [-0.3, -0.25) is 14.6 Å². The van der Waals surface area contributed by atoms with Gasteiger partial charge in [-0.2, -0.15) is 0 Å². The van der Waals surface area contributed by atoms with Crippen LogP contribution in [0.15, 0.2) is 30.6 Å². The number of carboxylic acid groups (broad SMARTS) is 3. The van der Waals surface area contributed by atoms with Crippen LogP contribution >= 0.6 is 0 Å². The van der Waals surface area contributed by atoms with Crippen molar-refractivity contribution in [2.24, 2.45) is 0 Å². The Morgan fingerprint density at radius 2 is 1.32 bits per heavy atom. The van der Waals surface area contributed by atoms with E-state index in [2.05, 4.69) is 4.98 Å². The van der Waals surface area contributed by atoms with E-state index < -0.39 is 36.4 Å². The van der Waals surface area contributed by atoms with Crippen molar-refractivity contribution in [2.75, 3.05) is 0 Å². The van der Waals surface area contributed by atoms with Gasteiger partial charge in [0.15, 0.2) is 5.60 Å². The lowest BCUT2D eigenvalue weighted by Gasteiger charge is -2.18. The van der Waals surface area contributed by atoms with Gasteiger partial charge in [-0.05, 0) is 12.1 Å². The Bertz CT molecular complexity index is 389. The normalized spacial score (nSPS) is 9.95. The highest BCUT2D eigenvalue weighted by Crippen LogP contribution is 2.15. The lowest BCUT2D eigenvalue weighted by Crippen LogP contribution is -2.42. The van der Waals surface area contributed by atoms with Gasteiger partial charge in [0.2, 0.25) is 0 Å². The van der Waals surface area contributed by atoms with Gasteiger partial charge >= 0.3 is 17.9 Å². The van der Waals surface area contributed by atoms with E-state index in [4.69, 9.17) is 20.4 Å². The molecule has 8 heteroatoms. The van der Waals surface area contributed by atoms with Crippen molar-refractivity contribution >= 4 is 17.9 Å². The molecule has 1 aromatic rings. The standard InChI is InChI=1S/C6H8O7.C5H5N/c7-3(8)1-6(13,5(11)12)2-4(9)10;1-2-4-6-5-3-1/h13H,1-2H2,(H,7,8)(H,9,10)(H,11,12);1-5H. The van der Waals surface area contributed by atoms with E-state index in [0.29, 0.717) is 0 Å². The van der Waals surface area contributed by atoms with Crippen molar-refractivity contribution in [2.45, 2.75) is 18.4 Å². The summed E-state index contributed by atoms with van der Waals surface area (Å²) in [6, 6.07) is 5.72. The van der Waals surface area contributed by atoms with Crippen LogP contribution in [0.1, 0.15) is 12.8 Å². The highest BCUT2D eigenvalue weighted by Gasteiger charge is 2.40. The number of hydrogen-bond donors (Lipinski definition) is 4. The van der Waals surface area contributed by atoms with Gasteiger partial charge in [0.05, 0.1) is 12.8 Å². The predicted octanol–water partition coefficient (Wildman–Crippen LogP) is -0.167. The van der Waals surface area contributed by atoms with Crippen LogP contribution in [0.25, 0.3) is 0 Å². The number of carbonyl (C=O) groups is 3. The van der Waals surface area contributed by atoms with Crippen LogP contribution in [0.4, 0.5) is 0 Å². The maximum atomic E-state index is 10.3. The van der Waals surface area contributed by atoms with E-state index in [1.807, 2.05) is 18.2 Å². The molecule has 0 spiro atoms. The van der Waals surface area contributed by atoms with Crippen LogP contribution in [-0.2, 0) is 14.4 Å². The number of carboxylic acids is 3. The molecule has 1 aromatic heterocycles. The number of aliphatic carboxylic acids is 3. The van der Waals surface area contributed by atoms with Gasteiger partial charge in [0, 0.05) is 12.4 Å². The van der Waals surface area contributed by atoms with Gasteiger partial charge < -0.3 is 20.4 Å². The fourth-order valence-corrected chi connectivity index (χ4v) is 1.03. The van der Waals surface area contributed by atoms with Crippen molar-refractivity contribution in [1.29, 1.82) is 0 Å². The minimum Gasteiger partial charge on any atom is -0.481 e. The van der Waals surface area contributed by atoms with Crippen LogP contribution in [0, 0.1) is 0 Å². The summed E-state index contributed by atoms with van der Waals surface area (Å²) in [6.45, 7) is 0. The molecule has 104 valence electrons. The summed E-state index contributed by atoms with van der Waals surface area (Å²) < 4.78 is 0. The largest absolute Gasteiger partial charge is 0.481 e. The van der Waals surface area contributed by atoms with Crippen molar-refractivity contribution in [3.05, 3.63) is 30.6 Å². The summed E-state index contributed by atoms with van der Waals surface area (Å²) in [5.41, 5.74) is -2.74. The van der Waals surface area contributed by atoms with Crippen molar-refractivity contribution in [1.82, 2.24) is 4.98 Å². The quantitative estimate of drug-likeness (QED) is 0.577. The van der Waals surface area contributed by atoms with Crippen LogP contribution in [0.5, 0.6) is 0 Å². The molecule has 0 fully saturated rings. The molecule has 0 amide bonds. The number of nitrogens with zero attached hydrogens (tertiary/aromatic N) is 1. The number of aliphatic hydroxyl groups is 1. The first-order chi connectivity index (χ1) is 8.78. The van der Waals surface area contributed by atoms with Gasteiger partial charge in [0.25, 0.3) is 0 Å². The van der Waals surface area contributed by atoms with E-state index in [1.165, 1.54) is 0 Å². The molecule has 0 saturated carbocycles. The minimum absolute atomic E-state index is 1.14. The third-order valence-electron chi connectivity index (χ3n) is 1.85. The maximum absolute atomic E-state index is 10.3. The van der Waals surface area contributed by atoms with Gasteiger partial charge in [-0.25, -0.2) is 4.79 Å². The molecule has 1 heterocycles. The van der Waals surface area contributed by atoms with Crippen LogP contribution in [0.3, 0.4) is 0 Å². The summed E-state index contributed by atoms with van der Waals surface area (Å²) in [5.74, 6) is -5.02. The van der Waals surface area contributed by atoms with Gasteiger partial charge in [0.1, 0.15) is 0 Å². The van der Waals surface area contributed by atoms with E-state index in [-0.39, 0.29) is 0 Å². The molecule has 0 bridgehead atoms. The maximum Gasteiger partial charge on any atom is 0.336 e. The second-order valence-corrected chi connectivity index (χ2v) is 3.50. The Balaban J connectivity index is 0.000000443. The smallest absolute Gasteiger partial charge is 0.336 e. The SMILES string of the molecule is O=C(O)CC(O)(CC(=O)O)C(=O)O.c1ccncc1. The first kappa shape index (κ1) is 16.5. The zero-order chi connectivity index (χ0) is 14.9. The van der Waals surface area contributed by atoms with Crippen LogP contribution in [0.2, 0.25) is 0 Å². The Morgan fingerprint density at radius 1 is 0.895 bits per heavy atom. The summed E-state index contributed by atoms with van der Waals surface area (Å²) >= 11 is 0. The van der Waals surface area contributed by atoms with Crippen LogP contribution < -0.4 is 0 Å². The van der Waals surface area contributed by atoms with Gasteiger partial charge in [-0.15, -0.1) is 0 Å². The molecule has 0 aliphatic rings. The topological polar surface area (TPSA) is 145 Å². The Labute approximate surface area is 108 Å². The zero-order valence-corrected chi connectivity index (χ0v) is 9.76. The Hall–Kier alpha value is -2.48. The highest BCUT2D eigenvalue weighted by atomic mass is 16.4. The molecular weight excluding hydrogens is 258 g/mol. The first-order valence-corrected chi connectivity index (χ1v) is 5.02. The summed E-state index contributed by atoms with van der Waals surface area (Å²) in [6.07, 6.45) is 1.21. The van der Waals surface area contributed by atoms with Crippen molar-refractivity contribution in [3.63, 3.8) is 0 Å². The minimum atomic E-state index is -2.74. The lowest BCUT2D eigenvalue weighted by molar-refractivity contribution is -0.170. The van der Waals surface area contributed by atoms with Crippen LogP contribution in [-0.4, -0.2) is 48.9 Å². The predicted molar refractivity (Wildman–Crippen MR) is 61.3 cm³/mol. The average molecular weight is 271 g/mol. The number of pyridine rings is 1. The molecule has 19 heavy (non-hydrogen) atoms. The zero-order valence-electron chi connectivity index (χ0n) is 9.76. The summed E-state index contributed by atoms with van der Waals surface area (Å²) in [4.78, 5) is 34.3. The molecule has 0 radical (unpaired) electrons. The number of rotatable bonds is 5. The fraction of sp³-hybridized carbons (Fsp3) is 0.273. The molecule has 8 nitrogen and oxygen atoms in total. The van der Waals surface area contributed by atoms with Crippen molar-refractivity contribution in [3.8, 4) is 0 Å². The van der Waals surface area contributed by atoms with Gasteiger partial charge in [-0.1, -0.05) is 6.07 Å². The average Bonchev–Trinajstić information content (AvgIpc) is 2.29. The lowest BCUT2D eigenvalue weighted by atomic mass is 9.96. The molecule has 0 aliphatic carbocycles. The third kappa shape index (κ3) is 7.45. The molecule has 0 unspecified atom stereocenters. The monoisotopic (exact) mass is 271 g/mol. The molecule has 1 rings (SSSR count). The third-order valence-corrected chi connectivity index (χ3v) is 1.85. The fourth-order valence-electron chi connectivity index (χ4n) is 1.03. The Morgan fingerprint density at radius 3 is 1.47 bits per heavy atom. The molecule has 0 aromatic carbocycles. The molecule has 0 saturated heterocycles. The first-order valence-electron chi connectivity index (χ1n) is 5.02. The summed E-state index contributed by atoms with van der Waals surface area (Å²) in [5, 5.41) is 33.8. The van der Waals surface area contributed by atoms with E-state index in [9.17, 15) is 14.4 Å². The second kappa shape index (κ2) is 7.77.